The minimum Gasteiger partial charge on any atom is -0.380 e. The molecule has 0 saturated heterocycles. The van der Waals surface area contributed by atoms with Crippen LogP contribution in [0.15, 0.2) is 24.3 Å². The van der Waals surface area contributed by atoms with Crippen LogP contribution in [-0.2, 0) is 4.74 Å². The Balaban J connectivity index is 2.46. The highest BCUT2D eigenvalue weighted by atomic mass is 19.1. The van der Waals surface area contributed by atoms with Gasteiger partial charge in [0.05, 0.1) is 6.10 Å². The molecule has 84 valence electrons. The molecule has 0 aliphatic heterocycles. The first-order chi connectivity index (χ1) is 7.13. The average molecular weight is 211 g/mol. The summed E-state index contributed by atoms with van der Waals surface area (Å²) in [6.07, 6.45) is 0.188. The third kappa shape index (κ3) is 3.98. The van der Waals surface area contributed by atoms with Crippen LogP contribution in [0.1, 0.15) is 25.5 Å². The maximum Gasteiger partial charge on any atom is 0.123 e. The molecule has 0 radical (unpaired) electrons. The van der Waals surface area contributed by atoms with Crippen LogP contribution in [0.4, 0.5) is 4.39 Å². The summed E-state index contributed by atoms with van der Waals surface area (Å²) in [7, 11) is 1.69. The van der Waals surface area contributed by atoms with Crippen molar-refractivity contribution in [2.45, 2.75) is 26.0 Å². The zero-order valence-electron chi connectivity index (χ0n) is 9.46. The van der Waals surface area contributed by atoms with Gasteiger partial charge in [0.25, 0.3) is 0 Å². The predicted molar refractivity (Wildman–Crippen MR) is 59.3 cm³/mol. The van der Waals surface area contributed by atoms with E-state index in [-0.39, 0.29) is 18.0 Å². The average Bonchev–Trinajstić information content (AvgIpc) is 2.26. The van der Waals surface area contributed by atoms with Gasteiger partial charge in [0, 0.05) is 19.7 Å². The number of hydrogen-bond donors (Lipinski definition) is 1. The molecular formula is C12H18FNO. The molecule has 1 aromatic carbocycles. The SMILES string of the molecule is COC(C)CN[C@H](C)c1ccc(F)cc1. The highest BCUT2D eigenvalue weighted by molar-refractivity contribution is 5.19. The van der Waals surface area contributed by atoms with Crippen LogP contribution in [0.2, 0.25) is 0 Å². The first kappa shape index (κ1) is 12.1. The van der Waals surface area contributed by atoms with Gasteiger partial charge in [-0.2, -0.15) is 0 Å². The summed E-state index contributed by atoms with van der Waals surface area (Å²) >= 11 is 0. The third-order valence-corrected chi connectivity index (χ3v) is 2.48. The monoisotopic (exact) mass is 211 g/mol. The number of ether oxygens (including phenoxy) is 1. The van der Waals surface area contributed by atoms with Gasteiger partial charge in [-0.25, -0.2) is 4.39 Å². The molecule has 0 bridgehead atoms. The normalized spacial score (nSPS) is 14.9. The van der Waals surface area contributed by atoms with Crippen LogP contribution in [0.5, 0.6) is 0 Å². The number of hydrogen-bond acceptors (Lipinski definition) is 2. The van der Waals surface area contributed by atoms with Gasteiger partial charge in [-0.15, -0.1) is 0 Å². The quantitative estimate of drug-likeness (QED) is 0.808. The maximum atomic E-state index is 12.7. The van der Waals surface area contributed by atoms with E-state index in [1.54, 1.807) is 19.2 Å². The standard InChI is InChI=1S/C12H18FNO/c1-9(15-3)8-14-10(2)11-4-6-12(13)7-5-11/h4-7,9-10,14H,8H2,1-3H3/t9?,10-/m1/s1. The number of nitrogens with one attached hydrogen (secondary N) is 1. The molecule has 0 aliphatic carbocycles. The summed E-state index contributed by atoms with van der Waals surface area (Å²) < 4.78 is 17.8. The van der Waals surface area contributed by atoms with Gasteiger partial charge in [0.15, 0.2) is 0 Å². The molecule has 0 aromatic heterocycles. The molecule has 0 amide bonds. The second-order valence-electron chi connectivity index (χ2n) is 3.73. The Kier molecular flexibility index (Phi) is 4.72. The van der Waals surface area contributed by atoms with Crippen LogP contribution in [-0.4, -0.2) is 19.8 Å². The van der Waals surface area contributed by atoms with E-state index < -0.39 is 0 Å². The Hall–Kier alpha value is -0.930. The van der Waals surface area contributed by atoms with E-state index in [1.807, 2.05) is 6.92 Å². The molecule has 0 spiro atoms. The summed E-state index contributed by atoms with van der Waals surface area (Å²) in [4.78, 5) is 0. The molecule has 1 unspecified atom stereocenters. The molecule has 2 atom stereocenters. The van der Waals surface area contributed by atoms with Gasteiger partial charge < -0.3 is 10.1 Å². The van der Waals surface area contributed by atoms with Crippen molar-refractivity contribution in [3.63, 3.8) is 0 Å². The van der Waals surface area contributed by atoms with Crippen molar-refractivity contribution in [1.82, 2.24) is 5.32 Å². The molecule has 1 aromatic rings. The van der Waals surface area contributed by atoms with Crippen molar-refractivity contribution in [3.8, 4) is 0 Å². The topological polar surface area (TPSA) is 21.3 Å². The van der Waals surface area contributed by atoms with Crippen LogP contribution in [0, 0.1) is 5.82 Å². The second kappa shape index (κ2) is 5.83. The lowest BCUT2D eigenvalue weighted by atomic mass is 10.1. The minimum absolute atomic E-state index is 0.188. The van der Waals surface area contributed by atoms with Gasteiger partial charge in [-0.05, 0) is 31.5 Å². The van der Waals surface area contributed by atoms with Crippen molar-refractivity contribution in [2.24, 2.45) is 0 Å². The number of halogens is 1. The summed E-state index contributed by atoms with van der Waals surface area (Å²) in [6.45, 7) is 4.84. The molecule has 2 nitrogen and oxygen atoms in total. The molecule has 3 heteroatoms. The lowest BCUT2D eigenvalue weighted by Gasteiger charge is -2.17. The second-order valence-corrected chi connectivity index (χ2v) is 3.73. The Morgan fingerprint density at radius 2 is 1.87 bits per heavy atom. The van der Waals surface area contributed by atoms with Crippen molar-refractivity contribution in [1.29, 1.82) is 0 Å². The number of methoxy groups -OCH3 is 1. The molecule has 1 rings (SSSR count). The molecular weight excluding hydrogens is 193 g/mol. The van der Waals surface area contributed by atoms with Gasteiger partial charge in [0.2, 0.25) is 0 Å². The molecule has 0 saturated carbocycles. The third-order valence-electron chi connectivity index (χ3n) is 2.48. The van der Waals surface area contributed by atoms with Crippen molar-refractivity contribution < 1.29 is 9.13 Å². The van der Waals surface area contributed by atoms with Gasteiger partial charge in [-0.3, -0.25) is 0 Å². The van der Waals surface area contributed by atoms with Gasteiger partial charge >= 0.3 is 0 Å². The largest absolute Gasteiger partial charge is 0.380 e. The fourth-order valence-corrected chi connectivity index (χ4v) is 1.30. The van der Waals surface area contributed by atoms with Crippen LogP contribution in [0.3, 0.4) is 0 Å². The van der Waals surface area contributed by atoms with Crippen molar-refractivity contribution in [3.05, 3.63) is 35.6 Å². The van der Waals surface area contributed by atoms with E-state index in [9.17, 15) is 4.39 Å². The van der Waals surface area contributed by atoms with Crippen molar-refractivity contribution in [2.75, 3.05) is 13.7 Å². The van der Waals surface area contributed by atoms with E-state index in [1.165, 1.54) is 12.1 Å². The Morgan fingerprint density at radius 3 is 2.40 bits per heavy atom. The fraction of sp³-hybridized carbons (Fsp3) is 0.500. The van der Waals surface area contributed by atoms with Crippen LogP contribution < -0.4 is 5.32 Å². The first-order valence-electron chi connectivity index (χ1n) is 5.15. The van der Waals surface area contributed by atoms with Crippen molar-refractivity contribution >= 4 is 0 Å². The zero-order valence-corrected chi connectivity index (χ0v) is 9.46. The van der Waals surface area contributed by atoms with E-state index in [4.69, 9.17) is 4.74 Å². The lowest BCUT2D eigenvalue weighted by molar-refractivity contribution is 0.115. The molecule has 0 heterocycles. The highest BCUT2D eigenvalue weighted by Gasteiger charge is 2.06. The maximum absolute atomic E-state index is 12.7. The number of benzene rings is 1. The lowest BCUT2D eigenvalue weighted by Crippen LogP contribution is -2.28. The van der Waals surface area contributed by atoms with Crippen LogP contribution in [0.25, 0.3) is 0 Å². The summed E-state index contributed by atoms with van der Waals surface area (Å²) in [5.74, 6) is -0.198. The Labute approximate surface area is 90.4 Å². The van der Waals surface area contributed by atoms with Gasteiger partial charge in [0.1, 0.15) is 5.82 Å². The van der Waals surface area contributed by atoms with E-state index in [2.05, 4.69) is 12.2 Å². The smallest absolute Gasteiger partial charge is 0.123 e. The van der Waals surface area contributed by atoms with Crippen LogP contribution >= 0.6 is 0 Å². The van der Waals surface area contributed by atoms with E-state index in [0.29, 0.717) is 0 Å². The Bertz CT molecular complexity index is 286. The minimum atomic E-state index is -0.198. The first-order valence-corrected chi connectivity index (χ1v) is 5.15. The highest BCUT2D eigenvalue weighted by Crippen LogP contribution is 2.12. The summed E-state index contributed by atoms with van der Waals surface area (Å²) in [6, 6.07) is 6.76. The summed E-state index contributed by atoms with van der Waals surface area (Å²) in [5, 5.41) is 3.32. The molecule has 0 aliphatic rings. The molecule has 15 heavy (non-hydrogen) atoms. The predicted octanol–water partition coefficient (Wildman–Crippen LogP) is 2.51. The fourth-order valence-electron chi connectivity index (χ4n) is 1.30. The van der Waals surface area contributed by atoms with E-state index in [0.717, 1.165) is 12.1 Å². The van der Waals surface area contributed by atoms with Gasteiger partial charge in [-0.1, -0.05) is 12.1 Å². The molecule has 0 fully saturated rings. The molecule has 1 N–H and O–H groups in total. The van der Waals surface area contributed by atoms with E-state index >= 15 is 0 Å². The Morgan fingerprint density at radius 1 is 1.27 bits per heavy atom. The number of rotatable bonds is 5. The summed E-state index contributed by atoms with van der Waals surface area (Å²) in [5.41, 5.74) is 1.08. The zero-order chi connectivity index (χ0) is 11.3.